The lowest BCUT2D eigenvalue weighted by Gasteiger charge is -2.20. The van der Waals surface area contributed by atoms with Crippen LogP contribution in [0.2, 0.25) is 0 Å². The molecule has 0 aliphatic heterocycles. The molecule has 2 aromatic rings. The van der Waals surface area contributed by atoms with Crippen LogP contribution in [0.15, 0.2) is 30.3 Å². The second-order valence-corrected chi connectivity index (χ2v) is 10.2. The number of nitrogens with two attached hydrogens (primary N) is 1. The van der Waals surface area contributed by atoms with Gasteiger partial charge in [0.2, 0.25) is 5.91 Å². The Hall–Kier alpha value is -4.54. The second kappa shape index (κ2) is 15.5. The van der Waals surface area contributed by atoms with E-state index in [0.29, 0.717) is 11.3 Å². The summed E-state index contributed by atoms with van der Waals surface area (Å²) in [6.45, 7) is 3.77. The second-order valence-electron chi connectivity index (χ2n) is 9.05. The first kappa shape index (κ1) is 35.5. The summed E-state index contributed by atoms with van der Waals surface area (Å²) in [6, 6.07) is 5.04. The van der Waals surface area contributed by atoms with E-state index in [2.05, 4.69) is 5.32 Å². The standard InChI is InChI=1S/C23H26FN3O7S.C2HF3O2/c1-11(2)7-13(21(30)27-16(22(31)32)10-19(28)29)8-14-4-6-18(35-14)23(33)34-17-5-3-12(20(25)26)9-15(17)24;3-2(4,5)1(6)7/h3-6,9,11,13,16H,7-8,10H2,1-2H3,(H3,25,26)(H,27,30)(H,28,29)(H,31,32);(H,6,7)/t13-,16+;/m1./s1. The van der Waals surface area contributed by atoms with Crippen molar-refractivity contribution >= 4 is 47.0 Å². The predicted octanol–water partition coefficient (Wildman–Crippen LogP) is 3.27. The maximum Gasteiger partial charge on any atom is 0.490 e. The molecule has 0 spiro atoms. The van der Waals surface area contributed by atoms with Crippen LogP contribution in [0, 0.1) is 23.1 Å². The minimum Gasteiger partial charge on any atom is -0.481 e. The summed E-state index contributed by atoms with van der Waals surface area (Å²) in [5.74, 6) is -9.07. The number of carboxylic acids is 3. The smallest absolute Gasteiger partial charge is 0.481 e. The van der Waals surface area contributed by atoms with Gasteiger partial charge in [-0.3, -0.25) is 15.0 Å². The van der Waals surface area contributed by atoms with E-state index in [0.717, 1.165) is 17.4 Å². The fraction of sp³-hybridized carbons (Fsp3) is 0.360. The Morgan fingerprint density at radius 3 is 2.12 bits per heavy atom. The number of thiophene rings is 1. The van der Waals surface area contributed by atoms with Crippen LogP contribution in [0.1, 0.15) is 46.8 Å². The number of alkyl halides is 3. The van der Waals surface area contributed by atoms with E-state index in [1.807, 2.05) is 13.8 Å². The first-order valence-electron chi connectivity index (χ1n) is 11.8. The third-order valence-electron chi connectivity index (χ3n) is 5.12. The molecule has 0 aliphatic carbocycles. The number of carboxylic acid groups (broad SMARTS) is 3. The van der Waals surface area contributed by atoms with Crippen molar-refractivity contribution in [2.75, 3.05) is 0 Å². The highest BCUT2D eigenvalue weighted by Gasteiger charge is 2.38. The summed E-state index contributed by atoms with van der Waals surface area (Å²) < 4.78 is 51.0. The zero-order chi connectivity index (χ0) is 32.4. The van der Waals surface area contributed by atoms with Crippen LogP contribution < -0.4 is 15.8 Å². The van der Waals surface area contributed by atoms with E-state index in [1.165, 1.54) is 18.2 Å². The van der Waals surface area contributed by atoms with Crippen LogP contribution in [0.5, 0.6) is 5.75 Å². The molecule has 1 aromatic carbocycles. The van der Waals surface area contributed by atoms with Gasteiger partial charge in [0.1, 0.15) is 16.8 Å². The molecule has 0 aliphatic rings. The van der Waals surface area contributed by atoms with Crippen molar-refractivity contribution in [2.24, 2.45) is 17.6 Å². The lowest BCUT2D eigenvalue weighted by molar-refractivity contribution is -0.192. The predicted molar refractivity (Wildman–Crippen MR) is 139 cm³/mol. The fourth-order valence-corrected chi connectivity index (χ4v) is 4.22. The number of benzene rings is 1. The van der Waals surface area contributed by atoms with E-state index in [4.69, 9.17) is 30.9 Å². The van der Waals surface area contributed by atoms with Crippen molar-refractivity contribution in [3.05, 3.63) is 51.5 Å². The summed E-state index contributed by atoms with van der Waals surface area (Å²) in [5, 5.41) is 34.8. The van der Waals surface area contributed by atoms with Crippen LogP contribution in [0.25, 0.3) is 0 Å². The van der Waals surface area contributed by atoms with Gasteiger partial charge in [-0.2, -0.15) is 13.2 Å². The number of amides is 1. The molecule has 2 rings (SSSR count). The highest BCUT2D eigenvalue weighted by atomic mass is 32.1. The number of rotatable bonds is 12. The minimum absolute atomic E-state index is 0.0823. The van der Waals surface area contributed by atoms with Gasteiger partial charge >= 0.3 is 30.1 Å². The highest BCUT2D eigenvalue weighted by molar-refractivity contribution is 7.13. The van der Waals surface area contributed by atoms with Gasteiger partial charge in [0.05, 0.1) is 6.42 Å². The molecular weight excluding hydrogens is 594 g/mol. The Kier molecular flexibility index (Phi) is 13.1. The third kappa shape index (κ3) is 11.9. The van der Waals surface area contributed by atoms with Crippen LogP contribution >= 0.6 is 11.3 Å². The van der Waals surface area contributed by atoms with E-state index in [1.54, 1.807) is 6.07 Å². The number of nitrogens with one attached hydrogen (secondary N) is 2. The number of nitrogen functional groups attached to an aromatic ring is 1. The van der Waals surface area contributed by atoms with Crippen molar-refractivity contribution in [3.8, 4) is 5.75 Å². The van der Waals surface area contributed by atoms with Crippen LogP contribution in [-0.2, 0) is 25.6 Å². The maximum atomic E-state index is 14.2. The van der Waals surface area contributed by atoms with Crippen LogP contribution in [0.4, 0.5) is 17.6 Å². The first-order chi connectivity index (χ1) is 19.3. The average Bonchev–Trinajstić information content (AvgIpc) is 3.32. The molecular formula is C25H27F4N3O9S. The number of ether oxygens (including phenoxy) is 1. The summed E-state index contributed by atoms with van der Waals surface area (Å²) in [4.78, 5) is 57.1. The topological polar surface area (TPSA) is 217 Å². The number of hydrogen-bond acceptors (Lipinski definition) is 8. The van der Waals surface area contributed by atoms with Crippen LogP contribution in [-0.4, -0.2) is 63.2 Å². The first-order valence-corrected chi connectivity index (χ1v) is 12.6. The number of hydrogen-bond donors (Lipinski definition) is 6. The molecule has 12 nitrogen and oxygen atoms in total. The molecule has 0 unspecified atom stereocenters. The number of amidine groups is 1. The molecule has 2 atom stereocenters. The molecule has 1 heterocycles. The highest BCUT2D eigenvalue weighted by Crippen LogP contribution is 2.26. The molecule has 0 radical (unpaired) electrons. The van der Waals surface area contributed by atoms with Gasteiger partial charge < -0.3 is 31.1 Å². The van der Waals surface area contributed by atoms with E-state index < -0.39 is 60.2 Å². The summed E-state index contributed by atoms with van der Waals surface area (Å²) in [5.41, 5.74) is 5.45. The van der Waals surface area contributed by atoms with Crippen molar-refractivity contribution in [2.45, 2.75) is 45.3 Å². The molecule has 0 saturated carbocycles. The van der Waals surface area contributed by atoms with Crippen molar-refractivity contribution in [1.29, 1.82) is 5.41 Å². The largest absolute Gasteiger partial charge is 0.490 e. The van der Waals surface area contributed by atoms with Gasteiger partial charge in [-0.15, -0.1) is 11.3 Å². The average molecular weight is 622 g/mol. The zero-order valence-electron chi connectivity index (χ0n) is 22.0. The Morgan fingerprint density at radius 1 is 1.07 bits per heavy atom. The van der Waals surface area contributed by atoms with Crippen molar-refractivity contribution < 1.29 is 61.6 Å². The number of halogens is 4. The Labute approximate surface area is 239 Å². The molecule has 17 heteroatoms. The monoisotopic (exact) mass is 621 g/mol. The maximum absolute atomic E-state index is 14.2. The zero-order valence-corrected chi connectivity index (χ0v) is 22.8. The number of esters is 1. The van der Waals surface area contributed by atoms with Gasteiger partial charge in [-0.05, 0) is 49.1 Å². The number of carbonyl (C=O) groups is 5. The number of carbonyl (C=O) groups excluding carboxylic acids is 2. The minimum atomic E-state index is -5.08. The van der Waals surface area contributed by atoms with E-state index >= 15 is 0 Å². The fourth-order valence-electron chi connectivity index (χ4n) is 3.26. The third-order valence-corrected chi connectivity index (χ3v) is 6.21. The SMILES string of the molecule is CC(C)C[C@H](Cc1ccc(C(=O)Oc2ccc(C(=N)N)cc2F)s1)C(=O)N[C@@H](CC(=O)O)C(=O)O.O=C(O)C(F)(F)F. The van der Waals surface area contributed by atoms with Gasteiger partial charge in [0.25, 0.3) is 0 Å². The Balaban J connectivity index is 0.00000112. The van der Waals surface area contributed by atoms with Gasteiger partial charge in [-0.1, -0.05) is 13.8 Å². The Bertz CT molecular complexity index is 1330. The Morgan fingerprint density at radius 2 is 1.67 bits per heavy atom. The van der Waals surface area contributed by atoms with Gasteiger partial charge in [-0.25, -0.2) is 18.8 Å². The molecule has 1 amide bonds. The molecule has 0 fully saturated rings. The summed E-state index contributed by atoms with van der Waals surface area (Å²) >= 11 is 1.04. The summed E-state index contributed by atoms with van der Waals surface area (Å²) in [6.07, 6.45) is -5.26. The molecule has 7 N–H and O–H groups in total. The summed E-state index contributed by atoms with van der Waals surface area (Å²) in [7, 11) is 0. The normalized spacial score (nSPS) is 12.4. The molecule has 230 valence electrons. The molecule has 42 heavy (non-hydrogen) atoms. The van der Waals surface area contributed by atoms with E-state index in [9.17, 15) is 41.8 Å². The van der Waals surface area contributed by atoms with Crippen molar-refractivity contribution in [1.82, 2.24) is 5.32 Å². The van der Waals surface area contributed by atoms with Crippen LogP contribution in [0.3, 0.4) is 0 Å². The quantitative estimate of drug-likeness (QED) is 0.0668. The molecule has 1 aromatic heterocycles. The number of aliphatic carboxylic acids is 3. The lowest BCUT2D eigenvalue weighted by atomic mass is 9.92. The lowest BCUT2D eigenvalue weighted by Crippen LogP contribution is -2.45. The van der Waals surface area contributed by atoms with Crippen molar-refractivity contribution in [3.63, 3.8) is 0 Å². The molecule has 0 bridgehead atoms. The van der Waals surface area contributed by atoms with E-state index in [-0.39, 0.29) is 34.4 Å². The molecule has 0 saturated heterocycles. The van der Waals surface area contributed by atoms with Gasteiger partial charge in [0, 0.05) is 16.4 Å². The van der Waals surface area contributed by atoms with Gasteiger partial charge in [0.15, 0.2) is 11.6 Å².